The van der Waals surface area contributed by atoms with E-state index in [2.05, 4.69) is 20.0 Å². The second-order valence-corrected chi connectivity index (χ2v) is 6.95. The lowest BCUT2D eigenvalue weighted by Crippen LogP contribution is -2.13. The standard InChI is InChI=1S/C12H11N5O4S2/c1-2-21-10(18)8-3-5-9(6-4-8)23(19,20)16-11-15-17-7-13-14-12(17)22-11/h3-7H,2H2,1H3,(H,15,16). The van der Waals surface area contributed by atoms with Gasteiger partial charge in [0.1, 0.15) is 6.33 Å². The van der Waals surface area contributed by atoms with Crippen molar-refractivity contribution in [2.75, 3.05) is 11.3 Å². The van der Waals surface area contributed by atoms with Crippen LogP contribution in [0.25, 0.3) is 4.96 Å². The number of sulfonamides is 1. The predicted octanol–water partition coefficient (Wildman–Crippen LogP) is 1.16. The van der Waals surface area contributed by atoms with Crippen LogP contribution < -0.4 is 4.72 Å². The van der Waals surface area contributed by atoms with Crippen molar-refractivity contribution in [3.63, 3.8) is 0 Å². The zero-order valence-electron chi connectivity index (χ0n) is 11.8. The predicted molar refractivity (Wildman–Crippen MR) is 81.9 cm³/mol. The molecule has 0 bridgehead atoms. The molecule has 0 aliphatic heterocycles. The Labute approximate surface area is 135 Å². The maximum atomic E-state index is 12.3. The molecule has 3 rings (SSSR count). The van der Waals surface area contributed by atoms with Gasteiger partial charge in [-0.25, -0.2) is 13.2 Å². The Morgan fingerprint density at radius 1 is 1.35 bits per heavy atom. The summed E-state index contributed by atoms with van der Waals surface area (Å²) in [6.07, 6.45) is 1.37. The highest BCUT2D eigenvalue weighted by Crippen LogP contribution is 2.21. The third-order valence-electron chi connectivity index (χ3n) is 2.78. The van der Waals surface area contributed by atoms with E-state index in [1.807, 2.05) is 0 Å². The van der Waals surface area contributed by atoms with E-state index in [4.69, 9.17) is 4.74 Å². The molecule has 23 heavy (non-hydrogen) atoms. The molecule has 0 spiro atoms. The number of carbonyl (C=O) groups is 1. The molecular weight excluding hydrogens is 342 g/mol. The number of aromatic nitrogens is 4. The van der Waals surface area contributed by atoms with E-state index in [1.54, 1.807) is 6.92 Å². The number of carbonyl (C=O) groups excluding carboxylic acids is 1. The Balaban J connectivity index is 1.81. The number of fused-ring (bicyclic) bond motifs is 1. The third kappa shape index (κ3) is 3.14. The molecule has 0 saturated carbocycles. The molecule has 0 aliphatic rings. The number of hydrogen-bond acceptors (Lipinski definition) is 8. The van der Waals surface area contributed by atoms with Gasteiger partial charge in [0.25, 0.3) is 10.0 Å². The Morgan fingerprint density at radius 2 is 2.09 bits per heavy atom. The molecular formula is C12H11N5O4S2. The first-order valence-electron chi connectivity index (χ1n) is 6.46. The van der Waals surface area contributed by atoms with Crippen molar-refractivity contribution in [2.24, 2.45) is 0 Å². The smallest absolute Gasteiger partial charge is 0.338 e. The van der Waals surface area contributed by atoms with Crippen LogP contribution >= 0.6 is 11.3 Å². The van der Waals surface area contributed by atoms with Crippen LogP contribution in [0.3, 0.4) is 0 Å². The van der Waals surface area contributed by atoms with Crippen molar-refractivity contribution in [1.29, 1.82) is 0 Å². The average molecular weight is 353 g/mol. The zero-order valence-corrected chi connectivity index (χ0v) is 13.5. The van der Waals surface area contributed by atoms with Gasteiger partial charge in [0, 0.05) is 0 Å². The van der Waals surface area contributed by atoms with E-state index in [-0.39, 0.29) is 22.2 Å². The Morgan fingerprint density at radius 3 is 2.74 bits per heavy atom. The summed E-state index contributed by atoms with van der Waals surface area (Å²) in [5.74, 6) is -0.502. The van der Waals surface area contributed by atoms with E-state index >= 15 is 0 Å². The van der Waals surface area contributed by atoms with Crippen molar-refractivity contribution in [2.45, 2.75) is 11.8 Å². The van der Waals surface area contributed by atoms with E-state index in [1.165, 1.54) is 35.1 Å². The van der Waals surface area contributed by atoms with Crippen LogP contribution in [0.4, 0.5) is 5.13 Å². The summed E-state index contributed by atoms with van der Waals surface area (Å²) in [5.41, 5.74) is 0.282. The number of rotatable bonds is 5. The molecule has 0 radical (unpaired) electrons. The lowest BCUT2D eigenvalue weighted by molar-refractivity contribution is 0.0526. The molecule has 2 heterocycles. The van der Waals surface area contributed by atoms with Crippen molar-refractivity contribution < 1.29 is 17.9 Å². The van der Waals surface area contributed by atoms with Crippen molar-refractivity contribution >= 4 is 37.4 Å². The Bertz CT molecular complexity index is 917. The Hall–Kier alpha value is -2.53. The number of ether oxygens (including phenoxy) is 1. The molecule has 0 amide bonds. The van der Waals surface area contributed by atoms with Crippen molar-refractivity contribution in [3.8, 4) is 0 Å². The number of nitrogens with zero attached hydrogens (tertiary/aromatic N) is 4. The summed E-state index contributed by atoms with van der Waals surface area (Å²) in [7, 11) is -3.81. The van der Waals surface area contributed by atoms with Crippen molar-refractivity contribution in [3.05, 3.63) is 36.2 Å². The van der Waals surface area contributed by atoms with Gasteiger partial charge in [-0.2, -0.15) is 4.52 Å². The molecule has 1 aromatic carbocycles. The fourth-order valence-electron chi connectivity index (χ4n) is 1.76. The van der Waals surface area contributed by atoms with E-state index < -0.39 is 16.0 Å². The maximum Gasteiger partial charge on any atom is 0.338 e. The van der Waals surface area contributed by atoms with E-state index in [0.717, 1.165) is 11.3 Å². The van der Waals surface area contributed by atoms with Gasteiger partial charge in [-0.3, -0.25) is 4.72 Å². The van der Waals surface area contributed by atoms with Gasteiger partial charge in [0.15, 0.2) is 0 Å². The lowest BCUT2D eigenvalue weighted by atomic mass is 10.2. The number of benzene rings is 1. The first kappa shape index (κ1) is 15.4. The minimum Gasteiger partial charge on any atom is -0.462 e. The molecule has 0 aliphatic carbocycles. The van der Waals surface area contributed by atoms with Gasteiger partial charge in [-0.15, -0.1) is 15.3 Å². The number of nitrogens with one attached hydrogen (secondary N) is 1. The molecule has 0 fully saturated rings. The first-order valence-corrected chi connectivity index (χ1v) is 8.76. The summed E-state index contributed by atoms with van der Waals surface area (Å²) in [6, 6.07) is 5.44. The van der Waals surface area contributed by atoms with Crippen LogP contribution in [0.2, 0.25) is 0 Å². The zero-order chi connectivity index (χ0) is 16.4. The van der Waals surface area contributed by atoms with E-state index in [9.17, 15) is 13.2 Å². The van der Waals surface area contributed by atoms with Gasteiger partial charge < -0.3 is 4.74 Å². The first-order chi connectivity index (χ1) is 11.0. The minimum absolute atomic E-state index is 0.0107. The number of anilines is 1. The summed E-state index contributed by atoms with van der Waals surface area (Å²) in [6.45, 7) is 1.95. The molecule has 3 aromatic rings. The fourth-order valence-corrected chi connectivity index (χ4v) is 3.71. The van der Waals surface area contributed by atoms with Gasteiger partial charge in [0.2, 0.25) is 10.1 Å². The van der Waals surface area contributed by atoms with Gasteiger partial charge in [-0.1, -0.05) is 11.3 Å². The highest BCUT2D eigenvalue weighted by molar-refractivity contribution is 7.93. The minimum atomic E-state index is -3.81. The fraction of sp³-hybridized carbons (Fsp3) is 0.167. The second-order valence-electron chi connectivity index (χ2n) is 4.32. The summed E-state index contributed by atoms with van der Waals surface area (Å²) >= 11 is 1.05. The Kier molecular flexibility index (Phi) is 3.96. The van der Waals surface area contributed by atoms with Gasteiger partial charge in [-0.05, 0) is 31.2 Å². The van der Waals surface area contributed by atoms with Crippen LogP contribution in [0.15, 0.2) is 35.5 Å². The van der Waals surface area contributed by atoms with E-state index in [0.29, 0.717) is 4.96 Å². The molecule has 0 atom stereocenters. The summed E-state index contributed by atoms with van der Waals surface area (Å²) in [5, 5.41) is 11.6. The topological polar surface area (TPSA) is 116 Å². The van der Waals surface area contributed by atoms with Gasteiger partial charge >= 0.3 is 5.97 Å². The monoisotopic (exact) mass is 353 g/mol. The highest BCUT2D eigenvalue weighted by atomic mass is 32.2. The maximum absolute atomic E-state index is 12.3. The summed E-state index contributed by atoms with van der Waals surface area (Å²) in [4.78, 5) is 12.0. The SMILES string of the molecule is CCOC(=O)c1ccc(S(=O)(=O)Nc2nn3cnnc3s2)cc1. The molecule has 9 nitrogen and oxygen atoms in total. The quantitative estimate of drug-likeness (QED) is 0.684. The van der Waals surface area contributed by atoms with Crippen LogP contribution in [0, 0.1) is 0 Å². The van der Waals surface area contributed by atoms with Crippen LogP contribution in [-0.4, -0.2) is 40.8 Å². The largest absolute Gasteiger partial charge is 0.462 e. The third-order valence-corrected chi connectivity index (χ3v) is 5.10. The molecule has 0 unspecified atom stereocenters. The van der Waals surface area contributed by atoms with Crippen LogP contribution in [-0.2, 0) is 14.8 Å². The molecule has 11 heteroatoms. The molecule has 1 N–H and O–H groups in total. The lowest BCUT2D eigenvalue weighted by Gasteiger charge is -2.06. The molecule has 120 valence electrons. The van der Waals surface area contributed by atoms with Crippen molar-refractivity contribution in [1.82, 2.24) is 19.8 Å². The summed E-state index contributed by atoms with van der Waals surface area (Å²) < 4.78 is 33.2. The van der Waals surface area contributed by atoms with Gasteiger partial charge in [0.05, 0.1) is 17.1 Å². The molecule has 0 saturated heterocycles. The van der Waals surface area contributed by atoms with Crippen LogP contribution in [0.5, 0.6) is 0 Å². The number of hydrogen-bond donors (Lipinski definition) is 1. The normalized spacial score (nSPS) is 11.5. The average Bonchev–Trinajstić information content (AvgIpc) is 3.08. The van der Waals surface area contributed by atoms with Crippen LogP contribution in [0.1, 0.15) is 17.3 Å². The molecule has 2 aromatic heterocycles. The number of esters is 1. The second kappa shape index (κ2) is 5.93. The highest BCUT2D eigenvalue weighted by Gasteiger charge is 2.18.